The predicted molar refractivity (Wildman–Crippen MR) is 103 cm³/mol. The van der Waals surface area contributed by atoms with Crippen LogP contribution in [0.3, 0.4) is 0 Å². The topological polar surface area (TPSA) is 54.6 Å². The van der Waals surface area contributed by atoms with Gasteiger partial charge in [0.15, 0.2) is 5.96 Å². The molecule has 0 spiro atoms. The maximum atomic E-state index is 11.6. The number of guanidine groups is 1. The van der Waals surface area contributed by atoms with E-state index in [1.54, 1.807) is 23.7 Å². The SMILES string of the molecule is CN=C(NCCCCn1ccccc1=O)N(C)Cc1cc(Cl)cn1C. The van der Waals surface area contributed by atoms with Crippen LogP contribution in [0.1, 0.15) is 18.5 Å². The maximum Gasteiger partial charge on any atom is 0.250 e. The molecule has 0 aliphatic carbocycles. The van der Waals surface area contributed by atoms with Crippen LogP contribution in [0.2, 0.25) is 5.02 Å². The molecular weight excluding hydrogens is 338 g/mol. The molecule has 25 heavy (non-hydrogen) atoms. The highest BCUT2D eigenvalue weighted by Gasteiger charge is 2.09. The van der Waals surface area contributed by atoms with E-state index in [9.17, 15) is 4.79 Å². The van der Waals surface area contributed by atoms with E-state index in [0.29, 0.717) is 0 Å². The first kappa shape index (κ1) is 19.1. The number of aliphatic imine (C=N–C) groups is 1. The summed E-state index contributed by atoms with van der Waals surface area (Å²) in [6, 6.07) is 7.19. The van der Waals surface area contributed by atoms with E-state index < -0.39 is 0 Å². The van der Waals surface area contributed by atoms with Gasteiger partial charge in [0.2, 0.25) is 5.56 Å². The average Bonchev–Trinajstić information content (AvgIpc) is 2.89. The minimum Gasteiger partial charge on any atom is -0.356 e. The number of halogens is 1. The Balaban J connectivity index is 1.75. The Morgan fingerprint density at radius 3 is 2.80 bits per heavy atom. The van der Waals surface area contributed by atoms with Crippen molar-refractivity contribution in [3.8, 4) is 0 Å². The highest BCUT2D eigenvalue weighted by atomic mass is 35.5. The molecular formula is C18H26ClN5O. The third-order valence-electron chi connectivity index (χ3n) is 4.05. The molecule has 0 radical (unpaired) electrons. The van der Waals surface area contributed by atoms with E-state index in [0.717, 1.165) is 49.2 Å². The number of pyridine rings is 1. The van der Waals surface area contributed by atoms with Gasteiger partial charge in [-0.25, -0.2) is 0 Å². The number of rotatable bonds is 7. The lowest BCUT2D eigenvalue weighted by molar-refractivity contribution is 0.459. The van der Waals surface area contributed by atoms with Crippen molar-refractivity contribution in [2.24, 2.45) is 12.0 Å². The fourth-order valence-corrected chi connectivity index (χ4v) is 2.95. The molecule has 0 saturated heterocycles. The van der Waals surface area contributed by atoms with Gasteiger partial charge in [0.25, 0.3) is 0 Å². The minimum atomic E-state index is 0.0484. The van der Waals surface area contributed by atoms with E-state index >= 15 is 0 Å². The van der Waals surface area contributed by atoms with Crippen LogP contribution in [0.25, 0.3) is 0 Å². The van der Waals surface area contributed by atoms with Crippen LogP contribution in [0, 0.1) is 0 Å². The van der Waals surface area contributed by atoms with Crippen LogP contribution in [-0.4, -0.2) is 40.6 Å². The molecule has 0 bridgehead atoms. The lowest BCUT2D eigenvalue weighted by Gasteiger charge is -2.22. The number of nitrogens with one attached hydrogen (secondary N) is 1. The molecule has 0 saturated carbocycles. The first-order valence-electron chi connectivity index (χ1n) is 8.39. The van der Waals surface area contributed by atoms with Crippen molar-refractivity contribution in [1.82, 2.24) is 19.4 Å². The summed E-state index contributed by atoms with van der Waals surface area (Å²) >= 11 is 6.03. The van der Waals surface area contributed by atoms with Gasteiger partial charge in [0, 0.05) is 58.4 Å². The van der Waals surface area contributed by atoms with Gasteiger partial charge in [0.05, 0.1) is 11.6 Å². The van der Waals surface area contributed by atoms with Gasteiger partial charge in [-0.2, -0.15) is 0 Å². The summed E-state index contributed by atoms with van der Waals surface area (Å²) in [5, 5.41) is 4.10. The van der Waals surface area contributed by atoms with E-state index in [4.69, 9.17) is 11.6 Å². The lowest BCUT2D eigenvalue weighted by atomic mass is 10.3. The highest BCUT2D eigenvalue weighted by Crippen LogP contribution is 2.14. The lowest BCUT2D eigenvalue weighted by Crippen LogP contribution is -2.39. The summed E-state index contributed by atoms with van der Waals surface area (Å²) in [6.45, 7) is 2.27. The molecule has 2 rings (SSSR count). The van der Waals surface area contributed by atoms with Crippen molar-refractivity contribution < 1.29 is 0 Å². The zero-order valence-corrected chi connectivity index (χ0v) is 15.8. The normalized spacial score (nSPS) is 11.6. The van der Waals surface area contributed by atoms with Gasteiger partial charge in [-0.05, 0) is 25.0 Å². The number of unbranched alkanes of at least 4 members (excludes halogenated alkanes) is 1. The molecule has 2 heterocycles. The van der Waals surface area contributed by atoms with Gasteiger partial charge >= 0.3 is 0 Å². The molecule has 0 aromatic carbocycles. The van der Waals surface area contributed by atoms with Crippen molar-refractivity contribution >= 4 is 17.6 Å². The van der Waals surface area contributed by atoms with Crippen LogP contribution < -0.4 is 10.9 Å². The number of nitrogens with zero attached hydrogens (tertiary/aromatic N) is 4. The fourth-order valence-electron chi connectivity index (χ4n) is 2.68. The van der Waals surface area contributed by atoms with Gasteiger partial charge in [-0.15, -0.1) is 0 Å². The summed E-state index contributed by atoms with van der Waals surface area (Å²) in [5.41, 5.74) is 1.17. The van der Waals surface area contributed by atoms with E-state index in [-0.39, 0.29) is 5.56 Å². The van der Waals surface area contributed by atoms with Crippen LogP contribution >= 0.6 is 11.6 Å². The largest absolute Gasteiger partial charge is 0.356 e. The third-order valence-corrected chi connectivity index (χ3v) is 4.26. The summed E-state index contributed by atoms with van der Waals surface area (Å²) in [4.78, 5) is 18.0. The molecule has 7 heteroatoms. The second-order valence-corrected chi connectivity index (χ2v) is 6.47. The Kier molecular flexibility index (Phi) is 7.13. The molecule has 0 unspecified atom stereocenters. The summed E-state index contributed by atoms with van der Waals surface area (Å²) in [5.74, 6) is 0.842. The van der Waals surface area contributed by atoms with Crippen molar-refractivity contribution in [2.75, 3.05) is 20.6 Å². The van der Waals surface area contributed by atoms with Crippen molar-refractivity contribution in [2.45, 2.75) is 25.9 Å². The van der Waals surface area contributed by atoms with E-state index in [1.807, 2.05) is 43.2 Å². The van der Waals surface area contributed by atoms with Crippen molar-refractivity contribution in [3.05, 3.63) is 57.7 Å². The third kappa shape index (κ3) is 5.67. The highest BCUT2D eigenvalue weighted by molar-refractivity contribution is 6.30. The van der Waals surface area contributed by atoms with Gasteiger partial charge in [-0.3, -0.25) is 9.79 Å². The van der Waals surface area contributed by atoms with Gasteiger partial charge in [0.1, 0.15) is 0 Å². The Labute approximate surface area is 153 Å². The maximum absolute atomic E-state index is 11.6. The van der Waals surface area contributed by atoms with E-state index in [2.05, 4.69) is 15.2 Å². The van der Waals surface area contributed by atoms with Crippen LogP contribution in [-0.2, 0) is 20.1 Å². The Morgan fingerprint density at radius 1 is 1.36 bits per heavy atom. The van der Waals surface area contributed by atoms with Crippen LogP contribution in [0.5, 0.6) is 0 Å². The summed E-state index contributed by atoms with van der Waals surface area (Å²) in [6.07, 6.45) is 5.62. The number of hydrogen-bond acceptors (Lipinski definition) is 2. The van der Waals surface area contributed by atoms with Gasteiger partial charge < -0.3 is 19.4 Å². The molecule has 136 valence electrons. The van der Waals surface area contributed by atoms with Crippen LogP contribution in [0.4, 0.5) is 0 Å². The fraction of sp³-hybridized carbons (Fsp3) is 0.444. The molecule has 0 fully saturated rings. The van der Waals surface area contributed by atoms with Crippen LogP contribution in [0.15, 0.2) is 46.4 Å². The molecule has 0 amide bonds. The second-order valence-electron chi connectivity index (χ2n) is 6.03. The monoisotopic (exact) mass is 363 g/mol. The summed E-state index contributed by atoms with van der Waals surface area (Å²) < 4.78 is 3.75. The Bertz CT molecular complexity index is 765. The molecule has 0 aliphatic rings. The molecule has 2 aromatic heterocycles. The Morgan fingerprint density at radius 2 is 2.16 bits per heavy atom. The van der Waals surface area contributed by atoms with Crippen molar-refractivity contribution in [3.63, 3.8) is 0 Å². The first-order valence-corrected chi connectivity index (χ1v) is 8.77. The molecule has 0 aliphatic heterocycles. The molecule has 6 nitrogen and oxygen atoms in total. The Hall–Kier alpha value is -2.21. The molecule has 0 atom stereocenters. The standard InChI is InChI=1S/C18H26ClN5O/c1-20-18(23(3)14-16-12-15(19)13-22(16)2)21-9-5-7-11-24-10-6-4-8-17(24)25/h4,6,8,10,12-13H,5,7,9,11,14H2,1-3H3,(H,20,21). The van der Waals surface area contributed by atoms with Crippen molar-refractivity contribution in [1.29, 1.82) is 0 Å². The average molecular weight is 364 g/mol. The number of aromatic nitrogens is 2. The smallest absolute Gasteiger partial charge is 0.250 e. The zero-order chi connectivity index (χ0) is 18.2. The second kappa shape index (κ2) is 9.32. The molecule has 2 aromatic rings. The number of hydrogen-bond donors (Lipinski definition) is 1. The minimum absolute atomic E-state index is 0.0484. The zero-order valence-electron chi connectivity index (χ0n) is 15.1. The van der Waals surface area contributed by atoms with Gasteiger partial charge in [-0.1, -0.05) is 17.7 Å². The predicted octanol–water partition coefficient (Wildman–Crippen LogP) is 2.33. The molecule has 1 N–H and O–H groups in total. The quantitative estimate of drug-likeness (QED) is 0.466. The number of aryl methyl sites for hydroxylation is 2. The van der Waals surface area contributed by atoms with E-state index in [1.165, 1.54) is 0 Å². The first-order chi connectivity index (χ1) is 12.0. The summed E-state index contributed by atoms with van der Waals surface area (Å²) in [7, 11) is 5.76.